The predicted octanol–water partition coefficient (Wildman–Crippen LogP) is 2.53. The molecular weight excluding hydrogens is 356 g/mol. The first-order valence-electron chi connectivity index (χ1n) is 9.71. The molecule has 1 aliphatic heterocycles. The number of nitrogens with one attached hydrogen (secondary N) is 2. The lowest BCUT2D eigenvalue weighted by molar-refractivity contribution is 0.0939. The minimum atomic E-state index is -0.273. The third-order valence-electron chi connectivity index (χ3n) is 5.34. The highest BCUT2D eigenvalue weighted by Gasteiger charge is 2.24. The van der Waals surface area contributed by atoms with E-state index in [1.54, 1.807) is 20.3 Å². The van der Waals surface area contributed by atoms with Gasteiger partial charge in [0.2, 0.25) is 0 Å². The number of nitrogens with zero attached hydrogens (tertiary/aromatic N) is 2. The van der Waals surface area contributed by atoms with Gasteiger partial charge in [-0.15, -0.1) is 0 Å². The van der Waals surface area contributed by atoms with Crippen LogP contribution in [0.4, 0.5) is 0 Å². The quantitative estimate of drug-likeness (QED) is 0.765. The molecule has 7 heteroatoms. The van der Waals surface area contributed by atoms with Gasteiger partial charge in [-0.05, 0) is 43.1 Å². The maximum atomic E-state index is 12.6. The standard InChI is InChI=1S/C21H30N4O3/c1-21(2,15-7-8-18(27-3)19(12-15)28-4)14-23-20(26)17-9-11-25(24-17)16-6-5-10-22-13-16/h7-9,11-12,16,22H,5-6,10,13-14H2,1-4H3,(H,23,26). The van der Waals surface area contributed by atoms with Gasteiger partial charge in [-0.1, -0.05) is 19.9 Å². The summed E-state index contributed by atoms with van der Waals surface area (Å²) in [5, 5.41) is 10.9. The van der Waals surface area contributed by atoms with Gasteiger partial charge in [-0.25, -0.2) is 0 Å². The molecule has 1 aliphatic rings. The van der Waals surface area contributed by atoms with Gasteiger partial charge >= 0.3 is 0 Å². The van der Waals surface area contributed by atoms with Crippen LogP contribution < -0.4 is 20.1 Å². The molecule has 3 rings (SSSR count). The summed E-state index contributed by atoms with van der Waals surface area (Å²) < 4.78 is 12.6. The molecule has 2 aromatic rings. The Morgan fingerprint density at radius 2 is 2.07 bits per heavy atom. The fraction of sp³-hybridized carbons (Fsp3) is 0.524. The van der Waals surface area contributed by atoms with E-state index in [1.165, 1.54) is 0 Å². The van der Waals surface area contributed by atoms with Gasteiger partial charge in [-0.3, -0.25) is 9.48 Å². The number of benzene rings is 1. The second-order valence-corrected chi connectivity index (χ2v) is 7.82. The molecule has 1 atom stereocenters. The predicted molar refractivity (Wildman–Crippen MR) is 108 cm³/mol. The monoisotopic (exact) mass is 386 g/mol. The normalized spacial score (nSPS) is 17.2. The lowest BCUT2D eigenvalue weighted by Crippen LogP contribution is -2.37. The zero-order valence-electron chi connectivity index (χ0n) is 17.1. The van der Waals surface area contributed by atoms with E-state index in [0.717, 1.165) is 31.5 Å². The highest BCUT2D eigenvalue weighted by atomic mass is 16.5. The molecule has 0 spiro atoms. The number of amides is 1. The molecule has 1 fully saturated rings. The third kappa shape index (κ3) is 4.47. The number of hydrogen-bond acceptors (Lipinski definition) is 5. The average Bonchev–Trinajstić information content (AvgIpc) is 3.22. The molecule has 1 unspecified atom stereocenters. The molecule has 7 nitrogen and oxygen atoms in total. The highest BCUT2D eigenvalue weighted by molar-refractivity contribution is 5.92. The second kappa shape index (κ2) is 8.65. The molecule has 1 aromatic heterocycles. The summed E-state index contributed by atoms with van der Waals surface area (Å²) in [4.78, 5) is 12.6. The molecule has 1 saturated heterocycles. The van der Waals surface area contributed by atoms with Gasteiger partial charge in [0.15, 0.2) is 11.5 Å². The Bertz CT molecular complexity index is 810. The summed E-state index contributed by atoms with van der Waals surface area (Å²) in [6.07, 6.45) is 4.11. The fourth-order valence-electron chi connectivity index (χ4n) is 3.47. The minimum absolute atomic E-state index is 0.156. The maximum absolute atomic E-state index is 12.6. The van der Waals surface area contributed by atoms with Crippen LogP contribution in [0.1, 0.15) is 48.8 Å². The van der Waals surface area contributed by atoms with E-state index in [4.69, 9.17) is 9.47 Å². The van der Waals surface area contributed by atoms with Gasteiger partial charge < -0.3 is 20.1 Å². The summed E-state index contributed by atoms with van der Waals surface area (Å²) in [5.41, 5.74) is 1.24. The Morgan fingerprint density at radius 3 is 2.75 bits per heavy atom. The van der Waals surface area contributed by atoms with Crippen molar-refractivity contribution in [3.05, 3.63) is 41.7 Å². The van der Waals surface area contributed by atoms with Crippen molar-refractivity contribution in [1.29, 1.82) is 0 Å². The van der Waals surface area contributed by atoms with Crippen LogP contribution in [0, 0.1) is 0 Å². The number of carbonyl (C=O) groups is 1. The average molecular weight is 386 g/mol. The topological polar surface area (TPSA) is 77.4 Å². The number of carbonyl (C=O) groups excluding carboxylic acids is 1. The number of ether oxygens (including phenoxy) is 2. The van der Waals surface area contributed by atoms with E-state index in [9.17, 15) is 4.79 Å². The first kappa shape index (κ1) is 20.2. The lowest BCUT2D eigenvalue weighted by atomic mass is 9.84. The van der Waals surface area contributed by atoms with Crippen LogP contribution in [0.15, 0.2) is 30.5 Å². The SMILES string of the molecule is COc1ccc(C(C)(C)CNC(=O)c2ccn(C3CCCNC3)n2)cc1OC. The summed E-state index contributed by atoms with van der Waals surface area (Å²) in [7, 11) is 3.24. The zero-order chi connectivity index (χ0) is 20.1. The lowest BCUT2D eigenvalue weighted by Gasteiger charge is -2.26. The van der Waals surface area contributed by atoms with Crippen molar-refractivity contribution < 1.29 is 14.3 Å². The van der Waals surface area contributed by atoms with Crippen LogP contribution in [0.25, 0.3) is 0 Å². The van der Waals surface area contributed by atoms with Gasteiger partial charge in [0.05, 0.1) is 20.3 Å². The molecule has 2 heterocycles. The van der Waals surface area contributed by atoms with E-state index in [-0.39, 0.29) is 11.3 Å². The first-order chi connectivity index (χ1) is 13.4. The van der Waals surface area contributed by atoms with Gasteiger partial charge in [0.25, 0.3) is 5.91 Å². The molecule has 2 N–H and O–H groups in total. The molecule has 0 saturated carbocycles. The number of hydrogen-bond donors (Lipinski definition) is 2. The number of methoxy groups -OCH3 is 2. The Labute approximate surface area is 166 Å². The van der Waals surface area contributed by atoms with Crippen molar-refractivity contribution >= 4 is 5.91 Å². The first-order valence-corrected chi connectivity index (χ1v) is 9.71. The van der Waals surface area contributed by atoms with Crippen LogP contribution >= 0.6 is 0 Å². The fourth-order valence-corrected chi connectivity index (χ4v) is 3.47. The largest absolute Gasteiger partial charge is 0.493 e. The highest BCUT2D eigenvalue weighted by Crippen LogP contribution is 2.32. The maximum Gasteiger partial charge on any atom is 0.271 e. The number of aromatic nitrogens is 2. The van der Waals surface area contributed by atoms with Crippen molar-refractivity contribution in [3.8, 4) is 11.5 Å². The van der Waals surface area contributed by atoms with Crippen LogP contribution in [-0.4, -0.2) is 49.5 Å². The summed E-state index contributed by atoms with van der Waals surface area (Å²) in [6, 6.07) is 7.94. The molecule has 1 amide bonds. The van der Waals surface area contributed by atoms with E-state index >= 15 is 0 Å². The molecule has 0 aliphatic carbocycles. The Hall–Kier alpha value is -2.54. The molecule has 1 aromatic carbocycles. The Morgan fingerprint density at radius 1 is 1.29 bits per heavy atom. The van der Waals surface area contributed by atoms with Crippen LogP contribution in [0.5, 0.6) is 11.5 Å². The second-order valence-electron chi connectivity index (χ2n) is 7.82. The van der Waals surface area contributed by atoms with Crippen molar-refractivity contribution in [1.82, 2.24) is 20.4 Å². The van der Waals surface area contributed by atoms with E-state index in [2.05, 4.69) is 29.6 Å². The third-order valence-corrected chi connectivity index (χ3v) is 5.34. The zero-order valence-corrected chi connectivity index (χ0v) is 17.1. The van der Waals surface area contributed by atoms with Crippen molar-refractivity contribution in [2.45, 2.75) is 38.1 Å². The number of piperidine rings is 1. The van der Waals surface area contributed by atoms with E-state index in [0.29, 0.717) is 29.8 Å². The Kier molecular flexibility index (Phi) is 6.24. The van der Waals surface area contributed by atoms with Gasteiger partial charge in [-0.2, -0.15) is 5.10 Å². The number of rotatable bonds is 7. The van der Waals surface area contributed by atoms with E-state index < -0.39 is 0 Å². The van der Waals surface area contributed by atoms with Crippen LogP contribution in [-0.2, 0) is 5.41 Å². The molecule has 28 heavy (non-hydrogen) atoms. The van der Waals surface area contributed by atoms with Crippen molar-refractivity contribution in [2.24, 2.45) is 0 Å². The molecular formula is C21H30N4O3. The molecule has 0 bridgehead atoms. The van der Waals surface area contributed by atoms with Crippen molar-refractivity contribution in [3.63, 3.8) is 0 Å². The smallest absolute Gasteiger partial charge is 0.271 e. The van der Waals surface area contributed by atoms with Gasteiger partial charge in [0, 0.05) is 24.7 Å². The van der Waals surface area contributed by atoms with Gasteiger partial charge in [0.1, 0.15) is 5.69 Å². The Balaban J connectivity index is 1.64. The van der Waals surface area contributed by atoms with Crippen molar-refractivity contribution in [2.75, 3.05) is 33.9 Å². The molecule has 152 valence electrons. The van der Waals surface area contributed by atoms with Crippen LogP contribution in [0.3, 0.4) is 0 Å². The summed E-state index contributed by atoms with van der Waals surface area (Å²) in [5.74, 6) is 1.21. The molecule has 0 radical (unpaired) electrons. The summed E-state index contributed by atoms with van der Waals surface area (Å²) >= 11 is 0. The summed E-state index contributed by atoms with van der Waals surface area (Å²) in [6.45, 7) is 6.60. The van der Waals surface area contributed by atoms with E-state index in [1.807, 2.05) is 29.1 Å². The van der Waals surface area contributed by atoms with Crippen LogP contribution in [0.2, 0.25) is 0 Å². The minimum Gasteiger partial charge on any atom is -0.493 e.